The summed E-state index contributed by atoms with van der Waals surface area (Å²) >= 11 is 0. The molecule has 21 heavy (non-hydrogen) atoms. The standard InChI is InChI=1S/C19H24FN/c1-5-15-9-7-8-10-17(15)19(21-6-2)18-13(3)11-16(20)12-14(18)4/h7-12,19,21H,5-6H2,1-4H3. The Kier molecular flexibility index (Phi) is 5.13. The molecule has 0 aliphatic carbocycles. The van der Waals surface area contributed by atoms with E-state index in [0.29, 0.717) is 0 Å². The number of nitrogens with one attached hydrogen (secondary N) is 1. The molecule has 0 heterocycles. The molecule has 0 aliphatic rings. The van der Waals surface area contributed by atoms with E-state index in [2.05, 4.69) is 43.4 Å². The molecule has 1 unspecified atom stereocenters. The molecule has 2 heteroatoms. The minimum atomic E-state index is -0.159. The van der Waals surface area contributed by atoms with Crippen molar-refractivity contribution in [2.24, 2.45) is 0 Å². The molecule has 0 radical (unpaired) electrons. The summed E-state index contributed by atoms with van der Waals surface area (Å²) in [6.07, 6.45) is 0.997. The molecule has 112 valence electrons. The fraction of sp³-hybridized carbons (Fsp3) is 0.368. The quantitative estimate of drug-likeness (QED) is 0.839. The highest BCUT2D eigenvalue weighted by molar-refractivity contribution is 5.44. The Labute approximate surface area is 127 Å². The summed E-state index contributed by atoms with van der Waals surface area (Å²) in [5, 5.41) is 3.57. The Morgan fingerprint density at radius 1 is 1.05 bits per heavy atom. The van der Waals surface area contributed by atoms with Crippen LogP contribution < -0.4 is 5.32 Å². The molecule has 0 amide bonds. The maximum Gasteiger partial charge on any atom is 0.123 e. The number of benzene rings is 2. The molecule has 0 saturated heterocycles. The fourth-order valence-corrected chi connectivity index (χ4v) is 3.09. The molecule has 0 spiro atoms. The van der Waals surface area contributed by atoms with E-state index in [1.54, 1.807) is 12.1 Å². The van der Waals surface area contributed by atoms with Crippen molar-refractivity contribution in [1.82, 2.24) is 5.32 Å². The first-order chi connectivity index (χ1) is 10.1. The molecule has 2 aromatic rings. The summed E-state index contributed by atoms with van der Waals surface area (Å²) in [6.45, 7) is 9.13. The van der Waals surface area contributed by atoms with Crippen LogP contribution in [0.5, 0.6) is 0 Å². The van der Waals surface area contributed by atoms with Gasteiger partial charge in [0.15, 0.2) is 0 Å². The van der Waals surface area contributed by atoms with Gasteiger partial charge < -0.3 is 5.32 Å². The second-order valence-corrected chi connectivity index (χ2v) is 5.50. The number of hydrogen-bond donors (Lipinski definition) is 1. The molecule has 0 saturated carbocycles. The molecule has 1 atom stereocenters. The van der Waals surface area contributed by atoms with Crippen molar-refractivity contribution in [3.05, 3.63) is 70.0 Å². The van der Waals surface area contributed by atoms with E-state index < -0.39 is 0 Å². The van der Waals surface area contributed by atoms with Crippen molar-refractivity contribution in [2.75, 3.05) is 6.54 Å². The Bertz CT molecular complexity index is 596. The van der Waals surface area contributed by atoms with E-state index >= 15 is 0 Å². The smallest absolute Gasteiger partial charge is 0.123 e. The average Bonchev–Trinajstić information content (AvgIpc) is 2.45. The second kappa shape index (κ2) is 6.86. The number of aryl methyl sites for hydroxylation is 3. The Balaban J connectivity index is 2.59. The van der Waals surface area contributed by atoms with Crippen LogP contribution in [0.1, 0.15) is 47.7 Å². The fourth-order valence-electron chi connectivity index (χ4n) is 3.09. The van der Waals surface area contributed by atoms with Crippen LogP contribution in [0.2, 0.25) is 0 Å². The van der Waals surface area contributed by atoms with Gasteiger partial charge in [-0.2, -0.15) is 0 Å². The van der Waals surface area contributed by atoms with Crippen LogP contribution in [0.4, 0.5) is 4.39 Å². The lowest BCUT2D eigenvalue weighted by Crippen LogP contribution is -2.24. The van der Waals surface area contributed by atoms with Gasteiger partial charge in [0.05, 0.1) is 6.04 Å². The third-order valence-corrected chi connectivity index (χ3v) is 4.00. The normalized spacial score (nSPS) is 12.4. The molecular formula is C19H24FN. The molecule has 2 rings (SSSR count). The summed E-state index contributed by atoms with van der Waals surface area (Å²) in [4.78, 5) is 0. The van der Waals surface area contributed by atoms with E-state index in [1.807, 2.05) is 13.8 Å². The monoisotopic (exact) mass is 285 g/mol. The van der Waals surface area contributed by atoms with Crippen LogP contribution >= 0.6 is 0 Å². The van der Waals surface area contributed by atoms with Crippen molar-refractivity contribution in [3.63, 3.8) is 0 Å². The van der Waals surface area contributed by atoms with Crippen LogP contribution in [-0.2, 0) is 6.42 Å². The van der Waals surface area contributed by atoms with Crippen molar-refractivity contribution in [2.45, 2.75) is 40.2 Å². The van der Waals surface area contributed by atoms with E-state index in [-0.39, 0.29) is 11.9 Å². The first-order valence-electron chi connectivity index (χ1n) is 7.66. The van der Waals surface area contributed by atoms with Gasteiger partial charge in [-0.3, -0.25) is 0 Å². The highest BCUT2D eigenvalue weighted by Gasteiger charge is 2.20. The molecule has 0 aliphatic heterocycles. The first kappa shape index (κ1) is 15.7. The zero-order valence-electron chi connectivity index (χ0n) is 13.3. The van der Waals surface area contributed by atoms with Crippen molar-refractivity contribution >= 4 is 0 Å². The zero-order valence-corrected chi connectivity index (χ0v) is 13.3. The van der Waals surface area contributed by atoms with Crippen LogP contribution in [0.15, 0.2) is 36.4 Å². The minimum absolute atomic E-state index is 0.117. The Morgan fingerprint density at radius 3 is 2.24 bits per heavy atom. The van der Waals surface area contributed by atoms with Gasteiger partial charge in [0.25, 0.3) is 0 Å². The van der Waals surface area contributed by atoms with Crippen LogP contribution in [0.3, 0.4) is 0 Å². The molecule has 1 N–H and O–H groups in total. The summed E-state index contributed by atoms with van der Waals surface area (Å²) < 4.78 is 13.6. The highest BCUT2D eigenvalue weighted by Crippen LogP contribution is 2.30. The lowest BCUT2D eigenvalue weighted by molar-refractivity contribution is 0.603. The van der Waals surface area contributed by atoms with E-state index in [0.717, 1.165) is 24.1 Å². The second-order valence-electron chi connectivity index (χ2n) is 5.50. The lowest BCUT2D eigenvalue weighted by atomic mass is 9.88. The van der Waals surface area contributed by atoms with Gasteiger partial charge >= 0.3 is 0 Å². The third-order valence-electron chi connectivity index (χ3n) is 4.00. The van der Waals surface area contributed by atoms with Gasteiger partial charge in [-0.1, -0.05) is 38.1 Å². The van der Waals surface area contributed by atoms with Crippen LogP contribution in [-0.4, -0.2) is 6.54 Å². The van der Waals surface area contributed by atoms with Gasteiger partial charge in [0.2, 0.25) is 0 Å². The molecule has 0 fully saturated rings. The summed E-state index contributed by atoms with van der Waals surface area (Å²) in [5.74, 6) is -0.159. The maximum atomic E-state index is 13.6. The molecular weight excluding hydrogens is 261 g/mol. The predicted octanol–water partition coefficient (Wildman–Crippen LogP) is 4.70. The van der Waals surface area contributed by atoms with Gasteiger partial charge in [-0.05, 0) is 66.8 Å². The van der Waals surface area contributed by atoms with Crippen molar-refractivity contribution < 1.29 is 4.39 Å². The number of rotatable bonds is 5. The summed E-state index contributed by atoms with van der Waals surface area (Å²) in [7, 11) is 0. The van der Waals surface area contributed by atoms with E-state index in [9.17, 15) is 4.39 Å². The Hall–Kier alpha value is -1.67. The highest BCUT2D eigenvalue weighted by atomic mass is 19.1. The summed E-state index contributed by atoms with van der Waals surface area (Å²) in [5.41, 5.74) is 5.83. The first-order valence-corrected chi connectivity index (χ1v) is 7.66. The maximum absolute atomic E-state index is 13.6. The topological polar surface area (TPSA) is 12.0 Å². The number of halogens is 1. The molecule has 0 aromatic heterocycles. The predicted molar refractivity (Wildman–Crippen MR) is 87.2 cm³/mol. The van der Waals surface area contributed by atoms with Gasteiger partial charge in [-0.25, -0.2) is 4.39 Å². The van der Waals surface area contributed by atoms with Crippen molar-refractivity contribution in [1.29, 1.82) is 0 Å². The Morgan fingerprint density at radius 2 is 1.67 bits per heavy atom. The van der Waals surface area contributed by atoms with E-state index in [4.69, 9.17) is 0 Å². The zero-order chi connectivity index (χ0) is 15.4. The molecule has 0 bridgehead atoms. The van der Waals surface area contributed by atoms with E-state index in [1.165, 1.54) is 16.7 Å². The SMILES string of the molecule is CCNC(c1ccccc1CC)c1c(C)cc(F)cc1C. The molecule has 2 aromatic carbocycles. The lowest BCUT2D eigenvalue weighted by Gasteiger charge is -2.25. The van der Waals surface area contributed by atoms with Crippen molar-refractivity contribution in [3.8, 4) is 0 Å². The van der Waals surface area contributed by atoms with Gasteiger partial charge in [0.1, 0.15) is 5.82 Å². The largest absolute Gasteiger partial charge is 0.307 e. The molecule has 1 nitrogen and oxygen atoms in total. The number of hydrogen-bond acceptors (Lipinski definition) is 1. The average molecular weight is 285 g/mol. The summed E-state index contributed by atoms with van der Waals surface area (Å²) in [6, 6.07) is 11.9. The van der Waals surface area contributed by atoms with Gasteiger partial charge in [0, 0.05) is 0 Å². The minimum Gasteiger partial charge on any atom is -0.307 e. The van der Waals surface area contributed by atoms with Crippen LogP contribution in [0, 0.1) is 19.7 Å². The third kappa shape index (κ3) is 3.33. The van der Waals surface area contributed by atoms with Crippen LogP contribution in [0.25, 0.3) is 0 Å². The van der Waals surface area contributed by atoms with Gasteiger partial charge in [-0.15, -0.1) is 0 Å².